The molecule has 5 heteroatoms. The van der Waals surface area contributed by atoms with E-state index < -0.39 is 12.1 Å². The van der Waals surface area contributed by atoms with Crippen LogP contribution in [0.5, 0.6) is 0 Å². The summed E-state index contributed by atoms with van der Waals surface area (Å²) in [5.41, 5.74) is 5.01. The molecule has 0 aliphatic heterocycles. The lowest BCUT2D eigenvalue weighted by molar-refractivity contribution is 0.0282. The number of hydrogen-bond acceptors (Lipinski definition) is 5. The summed E-state index contributed by atoms with van der Waals surface area (Å²) >= 11 is 1.55. The Morgan fingerprint density at radius 3 is 2.34 bits per heavy atom. The van der Waals surface area contributed by atoms with E-state index in [9.17, 15) is 9.59 Å². The summed E-state index contributed by atoms with van der Waals surface area (Å²) in [6.45, 7) is 3.96. The van der Waals surface area contributed by atoms with Crippen LogP contribution >= 0.6 is 11.3 Å². The fraction of sp³-hybridized carbons (Fsp3) is 0.100. The Balaban J connectivity index is 1.57. The van der Waals surface area contributed by atoms with Crippen molar-refractivity contribution in [2.24, 2.45) is 0 Å². The molecule has 1 atom stereocenters. The number of ketones is 1. The predicted molar refractivity (Wildman–Crippen MR) is 140 cm³/mol. The Morgan fingerprint density at radius 2 is 1.60 bits per heavy atom. The van der Waals surface area contributed by atoms with Gasteiger partial charge in [-0.25, -0.2) is 9.78 Å². The third-order valence-corrected chi connectivity index (χ3v) is 6.96. The van der Waals surface area contributed by atoms with Crippen LogP contribution < -0.4 is 0 Å². The number of rotatable bonds is 6. The van der Waals surface area contributed by atoms with E-state index in [1.54, 1.807) is 35.6 Å². The highest BCUT2D eigenvalue weighted by atomic mass is 32.1. The van der Waals surface area contributed by atoms with E-state index in [1.165, 1.54) is 0 Å². The van der Waals surface area contributed by atoms with Gasteiger partial charge in [0.2, 0.25) is 5.78 Å². The lowest BCUT2D eigenvalue weighted by Gasteiger charge is -2.19. The topological polar surface area (TPSA) is 56.3 Å². The van der Waals surface area contributed by atoms with Crippen LogP contribution in [0.1, 0.15) is 43.5 Å². The number of nitrogens with zero attached hydrogens (tertiary/aromatic N) is 1. The first-order chi connectivity index (χ1) is 17.0. The molecule has 0 radical (unpaired) electrons. The molecule has 0 saturated carbocycles. The van der Waals surface area contributed by atoms with E-state index in [-0.39, 0.29) is 5.78 Å². The maximum atomic E-state index is 13.6. The monoisotopic (exact) mass is 477 g/mol. The minimum atomic E-state index is -1.07. The van der Waals surface area contributed by atoms with E-state index in [0.717, 1.165) is 16.0 Å². The highest BCUT2D eigenvalue weighted by molar-refractivity contribution is 7.13. The molecule has 0 amide bonds. The third-order valence-electron chi connectivity index (χ3n) is 6.07. The van der Waals surface area contributed by atoms with Crippen LogP contribution in [0.25, 0.3) is 21.5 Å². The summed E-state index contributed by atoms with van der Waals surface area (Å²) in [7, 11) is 0. The first kappa shape index (κ1) is 22.7. The number of hydrogen-bond donors (Lipinski definition) is 0. The van der Waals surface area contributed by atoms with Gasteiger partial charge in [0, 0.05) is 16.5 Å². The van der Waals surface area contributed by atoms with Gasteiger partial charge >= 0.3 is 5.97 Å². The molecule has 0 aliphatic carbocycles. The highest BCUT2D eigenvalue weighted by Crippen LogP contribution is 2.30. The minimum absolute atomic E-state index is 0.260. The predicted octanol–water partition coefficient (Wildman–Crippen LogP) is 7.36. The van der Waals surface area contributed by atoms with Gasteiger partial charge in [0.25, 0.3) is 0 Å². The number of Topliss-reactive ketones (excluding diaryl/α,β-unsaturated/α-hetero) is 1. The number of ether oxygens (including phenoxy) is 1. The number of pyridine rings is 1. The SMILES string of the molecule is Cc1ccc(C(=O)[C@H](OC(=O)c2cc(-c3cccs3)nc3ccccc23)c2ccccc2)cc1C. The lowest BCUT2D eigenvalue weighted by atomic mass is 9.97. The molecule has 0 saturated heterocycles. The summed E-state index contributed by atoms with van der Waals surface area (Å²) in [5.74, 6) is -0.822. The number of aromatic nitrogens is 1. The van der Waals surface area contributed by atoms with E-state index in [2.05, 4.69) is 0 Å². The van der Waals surface area contributed by atoms with Crippen LogP contribution in [-0.2, 0) is 4.74 Å². The van der Waals surface area contributed by atoms with Crippen molar-refractivity contribution in [2.75, 3.05) is 0 Å². The molecule has 0 aliphatic rings. The zero-order valence-electron chi connectivity index (χ0n) is 19.4. The summed E-state index contributed by atoms with van der Waals surface area (Å²) in [6, 6.07) is 27.8. The molecule has 5 rings (SSSR count). The van der Waals surface area contributed by atoms with Gasteiger partial charge < -0.3 is 4.74 Å². The van der Waals surface area contributed by atoms with Gasteiger partial charge in [0.05, 0.1) is 21.7 Å². The molecular weight excluding hydrogens is 454 g/mol. The third kappa shape index (κ3) is 4.63. The Labute approximate surface area is 207 Å². The first-order valence-corrected chi connectivity index (χ1v) is 12.2. The largest absolute Gasteiger partial charge is 0.445 e. The lowest BCUT2D eigenvalue weighted by Crippen LogP contribution is -2.21. The maximum Gasteiger partial charge on any atom is 0.339 e. The summed E-state index contributed by atoms with van der Waals surface area (Å²) in [6.07, 6.45) is -1.07. The number of carbonyl (C=O) groups excluding carboxylic acids is 2. The Bertz CT molecular complexity index is 1520. The number of esters is 1. The van der Waals surface area contributed by atoms with Crippen LogP contribution in [-0.4, -0.2) is 16.7 Å². The second-order valence-corrected chi connectivity index (χ2v) is 9.36. The van der Waals surface area contributed by atoms with Crippen molar-refractivity contribution in [3.63, 3.8) is 0 Å². The van der Waals surface area contributed by atoms with Crippen LogP contribution in [0.15, 0.2) is 96.4 Å². The first-order valence-electron chi connectivity index (χ1n) is 11.3. The van der Waals surface area contributed by atoms with Gasteiger partial charge in [-0.2, -0.15) is 0 Å². The van der Waals surface area contributed by atoms with Crippen molar-refractivity contribution in [1.29, 1.82) is 0 Å². The van der Waals surface area contributed by atoms with E-state index in [0.29, 0.717) is 33.3 Å². The standard InChI is InChI=1S/C30H23NO3S/c1-19-14-15-22(17-20(19)2)28(32)29(21-9-4-3-5-10-21)34-30(33)24-18-26(27-13-8-16-35-27)31-25-12-7-6-11-23(24)25/h3-18,29H,1-2H3/t29-/m1/s1. The van der Waals surface area contributed by atoms with Crippen molar-refractivity contribution in [2.45, 2.75) is 20.0 Å². The minimum Gasteiger partial charge on any atom is -0.445 e. The van der Waals surface area contributed by atoms with Crippen molar-refractivity contribution >= 4 is 34.0 Å². The van der Waals surface area contributed by atoms with Crippen molar-refractivity contribution in [1.82, 2.24) is 4.98 Å². The molecule has 4 nitrogen and oxygen atoms in total. The average molecular weight is 478 g/mol. The summed E-state index contributed by atoms with van der Waals surface area (Å²) < 4.78 is 5.98. The van der Waals surface area contributed by atoms with E-state index in [1.807, 2.05) is 86.0 Å². The summed E-state index contributed by atoms with van der Waals surface area (Å²) in [5, 5.41) is 2.65. The molecule has 0 spiro atoms. The molecule has 0 bridgehead atoms. The highest BCUT2D eigenvalue weighted by Gasteiger charge is 2.28. The fourth-order valence-electron chi connectivity index (χ4n) is 4.01. The van der Waals surface area contributed by atoms with E-state index >= 15 is 0 Å². The Morgan fingerprint density at radius 1 is 0.829 bits per heavy atom. The van der Waals surface area contributed by atoms with Gasteiger partial charge in [-0.05, 0) is 54.6 Å². The Kier molecular flexibility index (Phi) is 6.25. The Hall–Kier alpha value is -4.09. The molecule has 0 N–H and O–H groups in total. The number of para-hydroxylation sites is 1. The van der Waals surface area contributed by atoms with Crippen LogP contribution in [0.3, 0.4) is 0 Å². The zero-order valence-corrected chi connectivity index (χ0v) is 20.2. The average Bonchev–Trinajstić information content (AvgIpc) is 3.43. The fourth-order valence-corrected chi connectivity index (χ4v) is 4.70. The van der Waals surface area contributed by atoms with Crippen LogP contribution in [0.2, 0.25) is 0 Å². The summed E-state index contributed by atoms with van der Waals surface area (Å²) in [4.78, 5) is 32.9. The van der Waals surface area contributed by atoms with Crippen molar-refractivity contribution in [3.8, 4) is 10.6 Å². The van der Waals surface area contributed by atoms with Crippen LogP contribution in [0, 0.1) is 13.8 Å². The van der Waals surface area contributed by atoms with E-state index in [4.69, 9.17) is 9.72 Å². The molecule has 0 unspecified atom stereocenters. The number of carbonyl (C=O) groups is 2. The second kappa shape index (κ2) is 9.65. The van der Waals surface area contributed by atoms with Crippen molar-refractivity contribution in [3.05, 3.63) is 124 Å². The number of fused-ring (bicyclic) bond motifs is 1. The molecule has 2 heterocycles. The molecule has 5 aromatic rings. The van der Waals surface area contributed by atoms with Gasteiger partial charge in [0.15, 0.2) is 6.10 Å². The van der Waals surface area contributed by atoms with Crippen molar-refractivity contribution < 1.29 is 14.3 Å². The number of aryl methyl sites for hydroxylation is 2. The van der Waals surface area contributed by atoms with Crippen LogP contribution in [0.4, 0.5) is 0 Å². The van der Waals surface area contributed by atoms with Gasteiger partial charge in [0.1, 0.15) is 0 Å². The number of benzene rings is 3. The maximum absolute atomic E-state index is 13.6. The normalized spacial score (nSPS) is 11.8. The molecule has 172 valence electrons. The molecular formula is C30H23NO3S. The van der Waals surface area contributed by atoms with Gasteiger partial charge in [-0.1, -0.05) is 66.7 Å². The second-order valence-electron chi connectivity index (χ2n) is 8.41. The quantitative estimate of drug-likeness (QED) is 0.189. The molecule has 3 aromatic carbocycles. The number of thiophene rings is 1. The molecule has 2 aromatic heterocycles. The molecule has 35 heavy (non-hydrogen) atoms. The van der Waals surface area contributed by atoms with Gasteiger partial charge in [-0.3, -0.25) is 4.79 Å². The van der Waals surface area contributed by atoms with Gasteiger partial charge in [-0.15, -0.1) is 11.3 Å². The molecule has 0 fully saturated rings. The smallest absolute Gasteiger partial charge is 0.339 e. The zero-order chi connectivity index (χ0) is 24.4.